The van der Waals surface area contributed by atoms with Crippen molar-refractivity contribution in [3.63, 3.8) is 0 Å². The molecule has 0 saturated heterocycles. The number of para-hydroxylation sites is 2. The monoisotopic (exact) mass is 786 g/mol. The molecule has 0 radical (unpaired) electrons. The largest absolute Gasteiger partial charge is 0.309 e. The molecule has 0 aliphatic carbocycles. The molecule has 13 rings (SSSR count). The van der Waals surface area contributed by atoms with Crippen LogP contribution >= 0.6 is 0 Å². The Hall–Kier alpha value is -8.20. The fourth-order valence-electron chi connectivity index (χ4n) is 10.3. The molecule has 2 heterocycles. The zero-order valence-corrected chi connectivity index (χ0v) is 33.8. The molecule has 2 aromatic heterocycles. The second kappa shape index (κ2) is 13.7. The van der Waals surface area contributed by atoms with Gasteiger partial charge in [0, 0.05) is 32.9 Å². The van der Waals surface area contributed by atoms with Gasteiger partial charge in [-0.1, -0.05) is 170 Å². The second-order valence-corrected chi connectivity index (χ2v) is 16.5. The van der Waals surface area contributed by atoms with Crippen LogP contribution in [-0.4, -0.2) is 9.13 Å². The van der Waals surface area contributed by atoms with Crippen LogP contribution in [-0.2, 0) is 0 Å². The number of aromatic nitrogens is 2. The SMILES string of the molecule is c1ccc(-c2cc(-c3ccccc3)cc(-n3c4ccccc4c4c(-c5ccc6c(c5)c5ccccc5n6-c5ccc6c7ccccc7c7ccccc7c6c5)cccc43)c2)cc1. The van der Waals surface area contributed by atoms with Crippen LogP contribution in [0.5, 0.6) is 0 Å². The molecule has 0 saturated carbocycles. The van der Waals surface area contributed by atoms with Gasteiger partial charge in [0.2, 0.25) is 0 Å². The molecule has 0 aliphatic rings. The van der Waals surface area contributed by atoms with E-state index in [1.54, 1.807) is 0 Å². The van der Waals surface area contributed by atoms with Gasteiger partial charge in [0.1, 0.15) is 0 Å². The van der Waals surface area contributed by atoms with Gasteiger partial charge < -0.3 is 9.13 Å². The van der Waals surface area contributed by atoms with E-state index in [9.17, 15) is 0 Å². The van der Waals surface area contributed by atoms with Crippen molar-refractivity contribution >= 4 is 75.9 Å². The molecule has 2 nitrogen and oxygen atoms in total. The van der Waals surface area contributed by atoms with Gasteiger partial charge in [-0.25, -0.2) is 0 Å². The van der Waals surface area contributed by atoms with Crippen molar-refractivity contribution in [2.45, 2.75) is 0 Å². The second-order valence-electron chi connectivity index (χ2n) is 16.5. The topological polar surface area (TPSA) is 9.86 Å². The van der Waals surface area contributed by atoms with Gasteiger partial charge in [-0.3, -0.25) is 0 Å². The summed E-state index contributed by atoms with van der Waals surface area (Å²) < 4.78 is 4.92. The summed E-state index contributed by atoms with van der Waals surface area (Å²) in [6.07, 6.45) is 0. The predicted octanol–water partition coefficient (Wildman–Crippen LogP) is 16.3. The van der Waals surface area contributed by atoms with Crippen LogP contribution in [0.4, 0.5) is 0 Å². The highest BCUT2D eigenvalue weighted by Crippen LogP contribution is 2.43. The number of hydrogen-bond acceptors (Lipinski definition) is 0. The first-order valence-electron chi connectivity index (χ1n) is 21.4. The normalized spacial score (nSPS) is 11.9. The van der Waals surface area contributed by atoms with Gasteiger partial charge in [-0.2, -0.15) is 0 Å². The highest BCUT2D eigenvalue weighted by molar-refractivity contribution is 6.26. The van der Waals surface area contributed by atoms with Crippen LogP contribution in [0, 0.1) is 0 Å². The van der Waals surface area contributed by atoms with Crippen molar-refractivity contribution in [2.75, 3.05) is 0 Å². The summed E-state index contributed by atoms with van der Waals surface area (Å²) >= 11 is 0. The van der Waals surface area contributed by atoms with E-state index in [2.05, 4.69) is 240 Å². The van der Waals surface area contributed by atoms with Gasteiger partial charge in [0.25, 0.3) is 0 Å². The lowest BCUT2D eigenvalue weighted by atomic mass is 9.94. The fourth-order valence-corrected chi connectivity index (χ4v) is 10.3. The van der Waals surface area contributed by atoms with Gasteiger partial charge in [0.05, 0.1) is 22.1 Å². The van der Waals surface area contributed by atoms with Crippen LogP contribution in [0.25, 0.3) is 121 Å². The molecule has 0 fully saturated rings. The molecule has 0 bridgehead atoms. The van der Waals surface area contributed by atoms with Crippen molar-refractivity contribution in [2.24, 2.45) is 0 Å². The molecule has 13 aromatic rings. The summed E-state index contributed by atoms with van der Waals surface area (Å²) in [6, 6.07) is 84.8. The van der Waals surface area contributed by atoms with Crippen LogP contribution in [0.15, 0.2) is 231 Å². The number of rotatable bonds is 5. The Morgan fingerprint density at radius 3 is 1.34 bits per heavy atom. The Labute approximate surface area is 358 Å². The molecular weight excluding hydrogens is 749 g/mol. The average molecular weight is 787 g/mol. The van der Waals surface area contributed by atoms with Crippen LogP contribution < -0.4 is 0 Å². The van der Waals surface area contributed by atoms with E-state index >= 15 is 0 Å². The van der Waals surface area contributed by atoms with Crippen molar-refractivity contribution in [1.29, 1.82) is 0 Å². The van der Waals surface area contributed by atoms with Crippen molar-refractivity contribution in [3.05, 3.63) is 231 Å². The highest BCUT2D eigenvalue weighted by Gasteiger charge is 2.20. The third-order valence-electron chi connectivity index (χ3n) is 13.1. The number of hydrogen-bond donors (Lipinski definition) is 0. The lowest BCUT2D eigenvalue weighted by Gasteiger charge is -2.14. The summed E-state index contributed by atoms with van der Waals surface area (Å²) in [4.78, 5) is 0. The van der Waals surface area contributed by atoms with E-state index < -0.39 is 0 Å². The maximum Gasteiger partial charge on any atom is 0.0547 e. The minimum Gasteiger partial charge on any atom is -0.309 e. The zero-order valence-electron chi connectivity index (χ0n) is 33.8. The van der Waals surface area contributed by atoms with Crippen molar-refractivity contribution < 1.29 is 0 Å². The average Bonchev–Trinajstić information content (AvgIpc) is 3.87. The highest BCUT2D eigenvalue weighted by atomic mass is 15.0. The lowest BCUT2D eigenvalue weighted by molar-refractivity contribution is 1.18. The van der Waals surface area contributed by atoms with E-state index in [0.29, 0.717) is 0 Å². The van der Waals surface area contributed by atoms with Crippen LogP contribution in [0.1, 0.15) is 0 Å². The first-order chi connectivity index (χ1) is 30.8. The summed E-state index contributed by atoms with van der Waals surface area (Å²) in [5.74, 6) is 0. The Bertz CT molecular complexity index is 3810. The molecular formula is C60H38N2. The molecule has 0 amide bonds. The van der Waals surface area contributed by atoms with E-state index in [1.807, 2.05) is 0 Å². The molecule has 288 valence electrons. The lowest BCUT2D eigenvalue weighted by Crippen LogP contribution is -1.96. The van der Waals surface area contributed by atoms with Crippen LogP contribution in [0.2, 0.25) is 0 Å². The van der Waals surface area contributed by atoms with Gasteiger partial charge in [-0.15, -0.1) is 0 Å². The summed E-state index contributed by atoms with van der Waals surface area (Å²) in [5.41, 5.74) is 14.3. The Morgan fingerprint density at radius 2 is 0.694 bits per heavy atom. The van der Waals surface area contributed by atoms with E-state index in [1.165, 1.54) is 109 Å². The van der Waals surface area contributed by atoms with Crippen LogP contribution in [0.3, 0.4) is 0 Å². The summed E-state index contributed by atoms with van der Waals surface area (Å²) in [7, 11) is 0. The molecule has 0 N–H and O–H groups in total. The molecule has 11 aromatic carbocycles. The van der Waals surface area contributed by atoms with E-state index in [-0.39, 0.29) is 0 Å². The van der Waals surface area contributed by atoms with Crippen molar-refractivity contribution in [3.8, 4) is 44.8 Å². The Balaban J connectivity index is 1.02. The summed E-state index contributed by atoms with van der Waals surface area (Å²) in [6.45, 7) is 0. The quantitative estimate of drug-likeness (QED) is 0.154. The third-order valence-corrected chi connectivity index (χ3v) is 13.1. The van der Waals surface area contributed by atoms with Gasteiger partial charge >= 0.3 is 0 Å². The van der Waals surface area contributed by atoms with Crippen molar-refractivity contribution in [1.82, 2.24) is 9.13 Å². The molecule has 0 unspecified atom stereocenters. The standard InChI is InChI=1S/C60H38N2/c1-3-16-39(17-4-1)42-34-43(40-18-5-2-6-19-40)36-45(35-42)62-57-28-14-12-25-53(57)60-46(26-15-29-59(60)62)41-30-33-58-55(37-41)52-24-11-13-27-56(52)61(58)44-31-32-51-49-22-8-7-20-47(49)48-21-9-10-23-50(48)54(51)38-44/h1-38H. The summed E-state index contributed by atoms with van der Waals surface area (Å²) in [5, 5.41) is 12.7. The number of fused-ring (bicyclic) bond motifs is 12. The molecule has 2 heteroatoms. The maximum atomic E-state index is 2.46. The maximum absolute atomic E-state index is 2.46. The Morgan fingerprint density at radius 1 is 0.210 bits per heavy atom. The first-order valence-corrected chi connectivity index (χ1v) is 21.4. The molecule has 0 aliphatic heterocycles. The van der Waals surface area contributed by atoms with Gasteiger partial charge in [0.15, 0.2) is 0 Å². The van der Waals surface area contributed by atoms with E-state index in [4.69, 9.17) is 0 Å². The van der Waals surface area contributed by atoms with E-state index in [0.717, 1.165) is 11.4 Å². The molecule has 0 spiro atoms. The number of nitrogens with zero attached hydrogens (tertiary/aromatic N) is 2. The molecule has 62 heavy (non-hydrogen) atoms. The van der Waals surface area contributed by atoms with Gasteiger partial charge in [-0.05, 0) is 126 Å². The number of benzene rings is 11. The smallest absolute Gasteiger partial charge is 0.0547 e. The minimum absolute atomic E-state index is 1.14. The first kappa shape index (κ1) is 34.6. The predicted molar refractivity (Wildman–Crippen MR) is 264 cm³/mol. The molecule has 0 atom stereocenters. The Kier molecular flexibility index (Phi) is 7.64. The zero-order chi connectivity index (χ0) is 40.7. The fraction of sp³-hybridized carbons (Fsp3) is 0. The minimum atomic E-state index is 1.14. The third kappa shape index (κ3) is 5.23.